The number of para-hydroxylation sites is 1. The van der Waals surface area contributed by atoms with Gasteiger partial charge in [0.25, 0.3) is 0 Å². The summed E-state index contributed by atoms with van der Waals surface area (Å²) in [5, 5.41) is 10.6. The van der Waals surface area contributed by atoms with E-state index in [4.69, 9.17) is 4.74 Å². The molecule has 0 saturated carbocycles. The molecule has 0 saturated heterocycles. The number of hydrogen-bond donors (Lipinski definition) is 1. The molecule has 0 aliphatic carbocycles. The molecule has 2 unspecified atom stereocenters. The zero-order chi connectivity index (χ0) is 14.1. The van der Waals surface area contributed by atoms with Crippen molar-refractivity contribution in [1.82, 2.24) is 0 Å². The van der Waals surface area contributed by atoms with Crippen LogP contribution in [0.5, 0.6) is 5.75 Å². The van der Waals surface area contributed by atoms with E-state index in [1.54, 1.807) is 0 Å². The average molecular weight is 268 g/mol. The zero-order valence-electron chi connectivity index (χ0n) is 12.0. The highest BCUT2D eigenvalue weighted by molar-refractivity contribution is 5.36. The highest BCUT2D eigenvalue weighted by atomic mass is 16.5. The molecular formula is C18H20O2. The van der Waals surface area contributed by atoms with Crippen molar-refractivity contribution in [2.75, 3.05) is 6.61 Å². The molecule has 1 N–H and O–H groups in total. The lowest BCUT2D eigenvalue weighted by Gasteiger charge is -2.29. The van der Waals surface area contributed by atoms with Gasteiger partial charge in [0.15, 0.2) is 0 Å². The predicted molar refractivity (Wildman–Crippen MR) is 80.0 cm³/mol. The van der Waals surface area contributed by atoms with Crippen LogP contribution in [0.3, 0.4) is 0 Å². The first kappa shape index (κ1) is 13.2. The van der Waals surface area contributed by atoms with E-state index in [1.165, 1.54) is 16.7 Å². The highest BCUT2D eigenvalue weighted by Crippen LogP contribution is 2.33. The van der Waals surface area contributed by atoms with Gasteiger partial charge in [-0.3, -0.25) is 0 Å². The SMILES string of the molecule is Cc1ccc(C(O)C2COc3ccccc3C2)cc1C. The van der Waals surface area contributed by atoms with Crippen LogP contribution in [0.4, 0.5) is 0 Å². The number of ether oxygens (including phenoxy) is 1. The van der Waals surface area contributed by atoms with Crippen LogP contribution in [0.25, 0.3) is 0 Å². The molecule has 2 aromatic rings. The lowest BCUT2D eigenvalue weighted by Crippen LogP contribution is -2.26. The van der Waals surface area contributed by atoms with Gasteiger partial charge in [-0.15, -0.1) is 0 Å². The molecule has 104 valence electrons. The van der Waals surface area contributed by atoms with Gasteiger partial charge in [-0.1, -0.05) is 36.4 Å². The summed E-state index contributed by atoms with van der Waals surface area (Å²) in [4.78, 5) is 0. The molecule has 1 heterocycles. The van der Waals surface area contributed by atoms with Crippen molar-refractivity contribution < 1.29 is 9.84 Å². The number of fused-ring (bicyclic) bond motifs is 1. The topological polar surface area (TPSA) is 29.5 Å². The van der Waals surface area contributed by atoms with Crippen LogP contribution < -0.4 is 4.74 Å². The molecule has 2 aromatic carbocycles. The normalized spacial score (nSPS) is 19.1. The summed E-state index contributed by atoms with van der Waals surface area (Å²) in [5.41, 5.74) is 4.65. The van der Waals surface area contributed by atoms with E-state index in [-0.39, 0.29) is 5.92 Å². The molecule has 20 heavy (non-hydrogen) atoms. The fourth-order valence-electron chi connectivity index (χ4n) is 2.78. The second-order valence-electron chi connectivity index (χ2n) is 5.67. The molecule has 0 aromatic heterocycles. The Balaban J connectivity index is 1.82. The molecular weight excluding hydrogens is 248 g/mol. The number of rotatable bonds is 2. The molecule has 3 rings (SSSR count). The third kappa shape index (κ3) is 2.44. The van der Waals surface area contributed by atoms with E-state index < -0.39 is 6.10 Å². The summed E-state index contributed by atoms with van der Waals surface area (Å²) >= 11 is 0. The molecule has 2 atom stereocenters. The van der Waals surface area contributed by atoms with Crippen molar-refractivity contribution in [2.24, 2.45) is 5.92 Å². The number of aliphatic hydroxyl groups is 1. The van der Waals surface area contributed by atoms with E-state index in [0.717, 1.165) is 17.7 Å². The Hall–Kier alpha value is -1.80. The lowest BCUT2D eigenvalue weighted by molar-refractivity contribution is 0.0644. The van der Waals surface area contributed by atoms with Crippen molar-refractivity contribution in [1.29, 1.82) is 0 Å². The van der Waals surface area contributed by atoms with Gasteiger partial charge in [0.2, 0.25) is 0 Å². The largest absolute Gasteiger partial charge is 0.493 e. The van der Waals surface area contributed by atoms with E-state index in [9.17, 15) is 5.11 Å². The Bertz CT molecular complexity index is 619. The highest BCUT2D eigenvalue weighted by Gasteiger charge is 2.27. The van der Waals surface area contributed by atoms with Crippen LogP contribution in [0.2, 0.25) is 0 Å². The molecule has 0 radical (unpaired) electrons. The van der Waals surface area contributed by atoms with Gasteiger partial charge in [0.1, 0.15) is 5.75 Å². The van der Waals surface area contributed by atoms with Gasteiger partial charge in [-0.05, 0) is 48.6 Å². The van der Waals surface area contributed by atoms with E-state index in [1.807, 2.05) is 24.3 Å². The third-order valence-electron chi connectivity index (χ3n) is 4.23. The molecule has 0 spiro atoms. The Labute approximate surface area is 120 Å². The quantitative estimate of drug-likeness (QED) is 0.902. The summed E-state index contributed by atoms with van der Waals surface area (Å²) in [7, 11) is 0. The first-order valence-corrected chi connectivity index (χ1v) is 7.11. The number of benzene rings is 2. The second kappa shape index (κ2) is 5.29. The van der Waals surface area contributed by atoms with Gasteiger partial charge in [0, 0.05) is 5.92 Å². The molecule has 0 fully saturated rings. The number of aryl methyl sites for hydroxylation is 2. The predicted octanol–water partition coefficient (Wildman–Crippen LogP) is 3.59. The number of hydrogen-bond acceptors (Lipinski definition) is 2. The monoisotopic (exact) mass is 268 g/mol. The van der Waals surface area contributed by atoms with Crippen LogP contribution in [0.1, 0.15) is 28.4 Å². The fourth-order valence-corrected chi connectivity index (χ4v) is 2.78. The number of aliphatic hydroxyl groups excluding tert-OH is 1. The van der Waals surface area contributed by atoms with Gasteiger partial charge in [-0.25, -0.2) is 0 Å². The second-order valence-corrected chi connectivity index (χ2v) is 5.67. The maximum Gasteiger partial charge on any atom is 0.122 e. The van der Waals surface area contributed by atoms with Gasteiger partial charge < -0.3 is 9.84 Å². The summed E-state index contributed by atoms with van der Waals surface area (Å²) in [5.74, 6) is 1.07. The minimum Gasteiger partial charge on any atom is -0.493 e. The first-order chi connectivity index (χ1) is 9.65. The molecule has 2 heteroatoms. The summed E-state index contributed by atoms with van der Waals surface area (Å²) in [6.07, 6.45) is 0.396. The van der Waals surface area contributed by atoms with Crippen molar-refractivity contribution in [3.8, 4) is 5.75 Å². The van der Waals surface area contributed by atoms with Crippen LogP contribution in [-0.4, -0.2) is 11.7 Å². The van der Waals surface area contributed by atoms with Crippen LogP contribution in [0.15, 0.2) is 42.5 Å². The maximum atomic E-state index is 10.6. The molecule has 1 aliphatic heterocycles. The van der Waals surface area contributed by atoms with Crippen molar-refractivity contribution >= 4 is 0 Å². The summed E-state index contributed by atoms with van der Waals surface area (Å²) in [6.45, 7) is 4.74. The summed E-state index contributed by atoms with van der Waals surface area (Å²) < 4.78 is 5.77. The van der Waals surface area contributed by atoms with Crippen molar-refractivity contribution in [2.45, 2.75) is 26.4 Å². The third-order valence-corrected chi connectivity index (χ3v) is 4.23. The Morgan fingerprint density at radius 3 is 2.70 bits per heavy atom. The lowest BCUT2D eigenvalue weighted by atomic mass is 9.87. The van der Waals surface area contributed by atoms with Crippen LogP contribution >= 0.6 is 0 Å². The van der Waals surface area contributed by atoms with Gasteiger partial charge >= 0.3 is 0 Å². The fraction of sp³-hybridized carbons (Fsp3) is 0.333. The minimum absolute atomic E-state index is 0.118. The molecule has 1 aliphatic rings. The molecule has 0 amide bonds. The molecule has 0 bridgehead atoms. The van der Waals surface area contributed by atoms with E-state index >= 15 is 0 Å². The van der Waals surface area contributed by atoms with E-state index in [2.05, 4.69) is 32.0 Å². The Morgan fingerprint density at radius 1 is 1.10 bits per heavy atom. The summed E-state index contributed by atoms with van der Waals surface area (Å²) in [6, 6.07) is 14.3. The van der Waals surface area contributed by atoms with Crippen LogP contribution in [-0.2, 0) is 6.42 Å². The van der Waals surface area contributed by atoms with Crippen LogP contribution in [0, 0.1) is 19.8 Å². The smallest absolute Gasteiger partial charge is 0.122 e. The maximum absolute atomic E-state index is 10.6. The van der Waals surface area contributed by atoms with E-state index in [0.29, 0.717) is 6.61 Å². The van der Waals surface area contributed by atoms with Crippen molar-refractivity contribution in [3.63, 3.8) is 0 Å². The standard InChI is InChI=1S/C18H20O2/c1-12-7-8-15(9-13(12)2)18(19)16-10-14-5-3-4-6-17(14)20-11-16/h3-9,16,18-19H,10-11H2,1-2H3. The van der Waals surface area contributed by atoms with Crippen molar-refractivity contribution in [3.05, 3.63) is 64.7 Å². The minimum atomic E-state index is -0.470. The Morgan fingerprint density at radius 2 is 1.90 bits per heavy atom. The van der Waals surface area contributed by atoms with Gasteiger partial charge in [0.05, 0.1) is 12.7 Å². The Kier molecular flexibility index (Phi) is 3.49. The van der Waals surface area contributed by atoms with Gasteiger partial charge in [-0.2, -0.15) is 0 Å². The first-order valence-electron chi connectivity index (χ1n) is 7.11. The zero-order valence-corrected chi connectivity index (χ0v) is 12.0. The molecule has 2 nitrogen and oxygen atoms in total. The average Bonchev–Trinajstić information content (AvgIpc) is 2.49.